The number of benzene rings is 1. The molecule has 1 aromatic carbocycles. The van der Waals surface area contributed by atoms with Gasteiger partial charge in [-0.1, -0.05) is 43.9 Å². The van der Waals surface area contributed by atoms with Crippen LogP contribution in [0.2, 0.25) is 0 Å². The van der Waals surface area contributed by atoms with Crippen LogP contribution in [0, 0.1) is 18.7 Å². The third-order valence-corrected chi connectivity index (χ3v) is 4.46. The quantitative estimate of drug-likeness (QED) is 0.719. The highest BCUT2D eigenvalue weighted by molar-refractivity contribution is 5.57. The molecular formula is C19H28FN. The van der Waals surface area contributed by atoms with Crippen molar-refractivity contribution in [3.63, 3.8) is 0 Å². The van der Waals surface area contributed by atoms with E-state index in [1.165, 1.54) is 37.7 Å². The first-order chi connectivity index (χ1) is 10.2. The summed E-state index contributed by atoms with van der Waals surface area (Å²) >= 11 is 0. The summed E-state index contributed by atoms with van der Waals surface area (Å²) in [6, 6.07) is 5.11. The zero-order chi connectivity index (χ0) is 15.1. The van der Waals surface area contributed by atoms with Gasteiger partial charge in [-0.3, -0.25) is 0 Å². The van der Waals surface area contributed by atoms with Crippen LogP contribution < -0.4 is 5.32 Å². The third kappa shape index (κ3) is 4.96. The fourth-order valence-corrected chi connectivity index (χ4v) is 3.20. The molecule has 116 valence electrons. The van der Waals surface area contributed by atoms with Gasteiger partial charge < -0.3 is 5.32 Å². The molecular weight excluding hydrogens is 261 g/mol. The van der Waals surface area contributed by atoms with Gasteiger partial charge in [0, 0.05) is 6.54 Å². The Bertz CT molecular complexity index is 472. The molecule has 1 aromatic rings. The van der Waals surface area contributed by atoms with Gasteiger partial charge in [0.2, 0.25) is 0 Å². The van der Waals surface area contributed by atoms with Gasteiger partial charge in [0.15, 0.2) is 0 Å². The minimum absolute atomic E-state index is 0.145. The highest BCUT2D eigenvalue weighted by atomic mass is 19.1. The molecule has 0 unspecified atom stereocenters. The van der Waals surface area contributed by atoms with Crippen LogP contribution in [0.4, 0.5) is 4.39 Å². The smallest absolute Gasteiger partial charge is 0.123 e. The Morgan fingerprint density at radius 1 is 1.29 bits per heavy atom. The third-order valence-electron chi connectivity index (χ3n) is 4.46. The van der Waals surface area contributed by atoms with E-state index in [9.17, 15) is 4.39 Å². The molecule has 2 heteroatoms. The van der Waals surface area contributed by atoms with E-state index in [1.54, 1.807) is 12.1 Å². The molecule has 1 aliphatic carbocycles. The maximum Gasteiger partial charge on any atom is 0.123 e. The van der Waals surface area contributed by atoms with Gasteiger partial charge in [0.25, 0.3) is 0 Å². The van der Waals surface area contributed by atoms with E-state index in [0.29, 0.717) is 5.92 Å². The highest BCUT2D eigenvalue weighted by Crippen LogP contribution is 2.31. The first-order valence-electron chi connectivity index (χ1n) is 8.38. The predicted octanol–water partition coefficient (Wildman–Crippen LogP) is 5.10. The van der Waals surface area contributed by atoms with E-state index in [1.807, 2.05) is 13.0 Å². The molecule has 21 heavy (non-hydrogen) atoms. The summed E-state index contributed by atoms with van der Waals surface area (Å²) in [5.74, 6) is 0.556. The maximum absolute atomic E-state index is 13.3. The van der Waals surface area contributed by atoms with Gasteiger partial charge in [-0.2, -0.15) is 0 Å². The van der Waals surface area contributed by atoms with Crippen LogP contribution in [-0.4, -0.2) is 13.1 Å². The van der Waals surface area contributed by atoms with Gasteiger partial charge in [-0.25, -0.2) is 4.39 Å². The molecule has 0 aliphatic heterocycles. The summed E-state index contributed by atoms with van der Waals surface area (Å²) in [6.45, 7) is 6.22. The molecule has 1 nitrogen and oxygen atoms in total. The van der Waals surface area contributed by atoms with Crippen molar-refractivity contribution in [2.24, 2.45) is 5.92 Å². The normalized spacial score (nSPS) is 17.2. The second-order valence-corrected chi connectivity index (χ2v) is 6.23. The zero-order valence-electron chi connectivity index (χ0n) is 13.4. The summed E-state index contributed by atoms with van der Waals surface area (Å²) in [5.41, 5.74) is 3.69. The van der Waals surface area contributed by atoms with Gasteiger partial charge in [0.1, 0.15) is 5.82 Å². The average molecular weight is 289 g/mol. The number of aryl methyl sites for hydroxylation is 1. The Labute approximate surface area is 128 Å². The molecule has 0 atom stereocenters. The lowest BCUT2D eigenvalue weighted by atomic mass is 9.82. The van der Waals surface area contributed by atoms with Crippen molar-refractivity contribution in [1.29, 1.82) is 0 Å². The molecule has 0 aromatic heterocycles. The fraction of sp³-hybridized carbons (Fsp3) is 0.579. The number of hydrogen-bond donors (Lipinski definition) is 1. The molecule has 0 saturated heterocycles. The average Bonchev–Trinajstić information content (AvgIpc) is 2.49. The molecule has 0 amide bonds. The monoisotopic (exact) mass is 289 g/mol. The van der Waals surface area contributed by atoms with Gasteiger partial charge >= 0.3 is 0 Å². The van der Waals surface area contributed by atoms with Crippen LogP contribution in [0.1, 0.15) is 56.6 Å². The van der Waals surface area contributed by atoms with Crippen LogP contribution in [0.3, 0.4) is 0 Å². The Kier molecular flexibility index (Phi) is 6.44. The summed E-state index contributed by atoms with van der Waals surface area (Å²) in [4.78, 5) is 0. The number of nitrogens with one attached hydrogen (secondary N) is 1. The lowest BCUT2D eigenvalue weighted by Crippen LogP contribution is -2.23. The van der Waals surface area contributed by atoms with Crippen LogP contribution in [0.5, 0.6) is 0 Å². The Balaban J connectivity index is 2.17. The second kappa shape index (κ2) is 8.33. The van der Waals surface area contributed by atoms with Crippen molar-refractivity contribution < 1.29 is 4.39 Å². The minimum atomic E-state index is -0.145. The van der Waals surface area contributed by atoms with E-state index in [2.05, 4.69) is 18.3 Å². The summed E-state index contributed by atoms with van der Waals surface area (Å²) in [6.07, 6.45) is 10.1. The Morgan fingerprint density at radius 3 is 2.71 bits per heavy atom. The fourth-order valence-electron chi connectivity index (χ4n) is 3.20. The number of rotatable bonds is 6. The molecule has 1 N–H and O–H groups in total. The van der Waals surface area contributed by atoms with Gasteiger partial charge in [-0.15, -0.1) is 0 Å². The van der Waals surface area contributed by atoms with E-state index >= 15 is 0 Å². The topological polar surface area (TPSA) is 12.0 Å². The van der Waals surface area contributed by atoms with Gasteiger partial charge in [0.05, 0.1) is 0 Å². The van der Waals surface area contributed by atoms with Crippen molar-refractivity contribution in [2.45, 2.75) is 52.4 Å². The lowest BCUT2D eigenvalue weighted by molar-refractivity contribution is 0.396. The maximum atomic E-state index is 13.3. The molecule has 0 heterocycles. The molecule has 0 bridgehead atoms. The van der Waals surface area contributed by atoms with E-state index in [-0.39, 0.29) is 5.82 Å². The SMILES string of the molecule is CCCNC/C(=C/c1ccc(F)cc1C)C1CCCCC1. The Hall–Kier alpha value is -1.15. The predicted molar refractivity (Wildman–Crippen MR) is 88.8 cm³/mol. The first-order valence-corrected chi connectivity index (χ1v) is 8.38. The zero-order valence-corrected chi connectivity index (χ0v) is 13.4. The minimum Gasteiger partial charge on any atom is -0.313 e. The van der Waals surface area contributed by atoms with E-state index in [4.69, 9.17) is 0 Å². The van der Waals surface area contributed by atoms with E-state index in [0.717, 1.165) is 30.6 Å². The van der Waals surface area contributed by atoms with Crippen LogP contribution in [-0.2, 0) is 0 Å². The molecule has 0 radical (unpaired) electrons. The molecule has 1 aliphatic rings. The van der Waals surface area contributed by atoms with Crippen LogP contribution in [0.15, 0.2) is 23.8 Å². The Morgan fingerprint density at radius 2 is 2.05 bits per heavy atom. The van der Waals surface area contributed by atoms with E-state index < -0.39 is 0 Å². The highest BCUT2D eigenvalue weighted by Gasteiger charge is 2.17. The lowest BCUT2D eigenvalue weighted by Gasteiger charge is -2.25. The largest absolute Gasteiger partial charge is 0.313 e. The van der Waals surface area contributed by atoms with Crippen molar-refractivity contribution in [3.05, 3.63) is 40.7 Å². The van der Waals surface area contributed by atoms with Gasteiger partial charge in [-0.05, 0) is 61.9 Å². The first kappa shape index (κ1) is 16.2. The summed E-state index contributed by atoms with van der Waals surface area (Å²) in [5, 5.41) is 3.54. The van der Waals surface area contributed by atoms with Crippen molar-refractivity contribution in [1.82, 2.24) is 5.32 Å². The van der Waals surface area contributed by atoms with Crippen molar-refractivity contribution in [3.8, 4) is 0 Å². The number of halogens is 1. The summed E-state index contributed by atoms with van der Waals surface area (Å²) in [7, 11) is 0. The van der Waals surface area contributed by atoms with Crippen molar-refractivity contribution >= 4 is 6.08 Å². The van der Waals surface area contributed by atoms with Crippen molar-refractivity contribution in [2.75, 3.05) is 13.1 Å². The molecule has 0 spiro atoms. The number of hydrogen-bond acceptors (Lipinski definition) is 1. The standard InChI is InChI=1S/C19H28FN/c1-3-11-21-14-18(16-7-5-4-6-8-16)13-17-9-10-19(20)12-15(17)2/h9-10,12-13,16,21H,3-8,11,14H2,1-2H3/b18-13-. The molecule has 2 rings (SSSR count). The molecule has 1 saturated carbocycles. The summed E-state index contributed by atoms with van der Waals surface area (Å²) < 4.78 is 13.3. The molecule has 1 fully saturated rings. The van der Waals surface area contributed by atoms with Crippen LogP contribution >= 0.6 is 0 Å². The second-order valence-electron chi connectivity index (χ2n) is 6.23. The van der Waals surface area contributed by atoms with Crippen LogP contribution in [0.25, 0.3) is 6.08 Å².